The molecular weight excluding hydrogens is 286 g/mol. The van der Waals surface area contributed by atoms with Crippen LogP contribution in [0.5, 0.6) is 0 Å². The molecule has 3 rings (SSSR count). The van der Waals surface area contributed by atoms with E-state index in [1.165, 1.54) is 19.3 Å². The molecular formula is C16H20ClN3O. The Bertz CT molecular complexity index is 549. The number of anilines is 1. The number of nitrogens with one attached hydrogen (secondary N) is 1. The van der Waals surface area contributed by atoms with Crippen LogP contribution in [0.15, 0.2) is 36.0 Å². The largest absolute Gasteiger partial charge is 0.377 e. The number of halogens is 1. The molecule has 1 atom stereocenters. The second-order valence-electron chi connectivity index (χ2n) is 5.65. The van der Waals surface area contributed by atoms with Gasteiger partial charge < -0.3 is 4.90 Å². The van der Waals surface area contributed by atoms with Gasteiger partial charge in [-0.2, -0.15) is 0 Å². The first kappa shape index (κ1) is 14.4. The SMILES string of the molecule is CC1NN(c2ccc(Cl)cc2)C(=O)C1=CN1CCCCC1. The molecule has 0 bridgehead atoms. The van der Waals surface area contributed by atoms with Crippen LogP contribution < -0.4 is 10.4 Å². The van der Waals surface area contributed by atoms with Gasteiger partial charge in [0, 0.05) is 24.3 Å². The Morgan fingerprint density at radius 3 is 2.52 bits per heavy atom. The second-order valence-corrected chi connectivity index (χ2v) is 6.09. The van der Waals surface area contributed by atoms with Crippen LogP contribution in [0.2, 0.25) is 5.02 Å². The van der Waals surface area contributed by atoms with Crippen LogP contribution in [0, 0.1) is 0 Å². The third-order valence-electron chi connectivity index (χ3n) is 4.04. The maximum absolute atomic E-state index is 12.6. The summed E-state index contributed by atoms with van der Waals surface area (Å²) in [6.07, 6.45) is 5.74. The number of carbonyl (C=O) groups is 1. The van der Waals surface area contributed by atoms with Crippen molar-refractivity contribution in [2.24, 2.45) is 0 Å². The van der Waals surface area contributed by atoms with Crippen LogP contribution in [-0.2, 0) is 4.79 Å². The maximum Gasteiger partial charge on any atom is 0.271 e. The zero-order valence-corrected chi connectivity index (χ0v) is 12.9. The van der Waals surface area contributed by atoms with E-state index in [0.29, 0.717) is 5.02 Å². The summed E-state index contributed by atoms with van der Waals surface area (Å²) in [4.78, 5) is 14.9. The summed E-state index contributed by atoms with van der Waals surface area (Å²) in [7, 11) is 0. The van der Waals surface area contributed by atoms with Gasteiger partial charge >= 0.3 is 0 Å². The van der Waals surface area contributed by atoms with Gasteiger partial charge in [0.15, 0.2) is 0 Å². The molecule has 21 heavy (non-hydrogen) atoms. The summed E-state index contributed by atoms with van der Waals surface area (Å²) in [5.74, 6) is 0.0235. The quantitative estimate of drug-likeness (QED) is 0.853. The van der Waals surface area contributed by atoms with Gasteiger partial charge in [-0.25, -0.2) is 10.4 Å². The van der Waals surface area contributed by atoms with E-state index in [4.69, 9.17) is 11.6 Å². The Morgan fingerprint density at radius 1 is 1.19 bits per heavy atom. The molecule has 1 aromatic rings. The lowest BCUT2D eigenvalue weighted by Crippen LogP contribution is -2.36. The average molecular weight is 306 g/mol. The minimum atomic E-state index is 0.0232. The number of piperidine rings is 1. The number of likely N-dealkylation sites (tertiary alicyclic amines) is 1. The van der Waals surface area contributed by atoms with Crippen LogP contribution >= 0.6 is 11.6 Å². The van der Waals surface area contributed by atoms with E-state index in [1.807, 2.05) is 25.3 Å². The van der Waals surface area contributed by atoms with Crippen molar-refractivity contribution in [3.05, 3.63) is 41.1 Å². The predicted molar refractivity (Wildman–Crippen MR) is 85.0 cm³/mol. The molecule has 2 saturated heterocycles. The van der Waals surface area contributed by atoms with Crippen LogP contribution in [-0.4, -0.2) is 29.9 Å². The van der Waals surface area contributed by atoms with Crippen LogP contribution in [0.4, 0.5) is 5.69 Å². The predicted octanol–water partition coefficient (Wildman–Crippen LogP) is 2.95. The minimum Gasteiger partial charge on any atom is -0.377 e. The number of carbonyl (C=O) groups excluding carboxylic acids is 1. The normalized spacial score (nSPS) is 25.0. The molecule has 0 saturated carbocycles. The third-order valence-corrected chi connectivity index (χ3v) is 4.29. The zero-order valence-electron chi connectivity index (χ0n) is 12.2. The fraction of sp³-hybridized carbons (Fsp3) is 0.438. The van der Waals surface area contributed by atoms with Gasteiger partial charge in [-0.05, 0) is 50.5 Å². The molecule has 2 fully saturated rings. The van der Waals surface area contributed by atoms with E-state index in [-0.39, 0.29) is 11.9 Å². The van der Waals surface area contributed by atoms with Gasteiger partial charge in [0.2, 0.25) is 0 Å². The molecule has 2 aliphatic heterocycles. The molecule has 1 N–H and O–H groups in total. The van der Waals surface area contributed by atoms with E-state index < -0.39 is 0 Å². The Balaban J connectivity index is 1.79. The standard InChI is InChI=1S/C16H20ClN3O/c1-12-15(11-19-9-3-2-4-10-19)16(21)20(18-12)14-7-5-13(17)6-8-14/h5-8,11-12,18H,2-4,9-10H2,1H3. The summed E-state index contributed by atoms with van der Waals surface area (Å²) >= 11 is 5.90. The third kappa shape index (κ3) is 3.06. The highest BCUT2D eigenvalue weighted by Gasteiger charge is 2.33. The number of hydrazine groups is 1. The molecule has 1 amide bonds. The van der Waals surface area contributed by atoms with Crippen molar-refractivity contribution in [2.75, 3.05) is 18.1 Å². The number of hydrogen-bond donors (Lipinski definition) is 1. The summed E-state index contributed by atoms with van der Waals surface area (Å²) in [5, 5.41) is 2.28. The first-order valence-electron chi connectivity index (χ1n) is 7.47. The number of rotatable bonds is 2. The fourth-order valence-electron chi connectivity index (χ4n) is 2.83. The lowest BCUT2D eigenvalue weighted by Gasteiger charge is -2.25. The smallest absolute Gasteiger partial charge is 0.271 e. The molecule has 2 aliphatic rings. The van der Waals surface area contributed by atoms with Gasteiger partial charge in [0.1, 0.15) is 0 Å². The van der Waals surface area contributed by atoms with Crippen LogP contribution in [0.25, 0.3) is 0 Å². The zero-order chi connectivity index (χ0) is 14.8. The molecule has 0 radical (unpaired) electrons. The van der Waals surface area contributed by atoms with Gasteiger partial charge in [0.05, 0.1) is 17.3 Å². The van der Waals surface area contributed by atoms with E-state index in [0.717, 1.165) is 24.4 Å². The highest BCUT2D eigenvalue weighted by atomic mass is 35.5. The number of hydrogen-bond acceptors (Lipinski definition) is 3. The molecule has 1 aromatic carbocycles. The number of benzene rings is 1. The highest BCUT2D eigenvalue weighted by Crippen LogP contribution is 2.25. The van der Waals surface area contributed by atoms with E-state index in [2.05, 4.69) is 10.3 Å². The molecule has 0 aliphatic carbocycles. The van der Waals surface area contributed by atoms with Crippen LogP contribution in [0.1, 0.15) is 26.2 Å². The molecule has 0 spiro atoms. The Hall–Kier alpha value is -1.52. The van der Waals surface area contributed by atoms with Crippen molar-refractivity contribution in [1.82, 2.24) is 10.3 Å². The summed E-state index contributed by atoms with van der Waals surface area (Å²) < 4.78 is 0. The van der Waals surface area contributed by atoms with E-state index in [9.17, 15) is 4.79 Å². The lowest BCUT2D eigenvalue weighted by atomic mass is 10.1. The van der Waals surface area contributed by atoms with Crippen molar-refractivity contribution >= 4 is 23.2 Å². The maximum atomic E-state index is 12.6. The van der Waals surface area contributed by atoms with E-state index in [1.54, 1.807) is 17.1 Å². The van der Waals surface area contributed by atoms with Crippen molar-refractivity contribution < 1.29 is 4.79 Å². The van der Waals surface area contributed by atoms with Crippen LogP contribution in [0.3, 0.4) is 0 Å². The number of amides is 1. The Morgan fingerprint density at radius 2 is 1.86 bits per heavy atom. The minimum absolute atomic E-state index is 0.0232. The summed E-state index contributed by atoms with van der Waals surface area (Å²) in [5.41, 5.74) is 4.87. The van der Waals surface area contributed by atoms with Crippen molar-refractivity contribution in [3.63, 3.8) is 0 Å². The summed E-state index contributed by atoms with van der Waals surface area (Å²) in [6.45, 7) is 4.11. The Labute approximate surface area is 130 Å². The van der Waals surface area contributed by atoms with Gasteiger partial charge in [-0.3, -0.25) is 4.79 Å². The fourth-order valence-corrected chi connectivity index (χ4v) is 2.96. The van der Waals surface area contributed by atoms with Gasteiger partial charge in [-0.15, -0.1) is 0 Å². The monoisotopic (exact) mass is 305 g/mol. The molecule has 112 valence electrons. The molecule has 5 heteroatoms. The van der Waals surface area contributed by atoms with Crippen molar-refractivity contribution in [1.29, 1.82) is 0 Å². The first-order valence-corrected chi connectivity index (χ1v) is 7.85. The van der Waals surface area contributed by atoms with Gasteiger partial charge in [-0.1, -0.05) is 11.6 Å². The molecule has 2 heterocycles. The number of nitrogens with zero attached hydrogens (tertiary/aromatic N) is 2. The molecule has 4 nitrogen and oxygen atoms in total. The van der Waals surface area contributed by atoms with Crippen molar-refractivity contribution in [3.8, 4) is 0 Å². The first-order chi connectivity index (χ1) is 10.1. The molecule has 1 unspecified atom stereocenters. The summed E-state index contributed by atoms with van der Waals surface area (Å²) in [6, 6.07) is 7.31. The molecule has 0 aromatic heterocycles. The van der Waals surface area contributed by atoms with Crippen molar-refractivity contribution in [2.45, 2.75) is 32.2 Å². The lowest BCUT2D eigenvalue weighted by molar-refractivity contribution is -0.114. The Kier molecular flexibility index (Phi) is 4.17. The highest BCUT2D eigenvalue weighted by molar-refractivity contribution is 6.30. The topological polar surface area (TPSA) is 35.6 Å². The average Bonchev–Trinajstić information content (AvgIpc) is 2.77. The van der Waals surface area contributed by atoms with Gasteiger partial charge in [0.25, 0.3) is 5.91 Å². The van der Waals surface area contributed by atoms with E-state index >= 15 is 0 Å². The second kappa shape index (κ2) is 6.08.